The minimum Gasteiger partial charge on any atom is -0.434 e. The average Bonchev–Trinajstić information content (AvgIpc) is 3.73. The van der Waals surface area contributed by atoms with Crippen LogP contribution in [-0.2, 0) is 6.54 Å². The number of nitrogens with one attached hydrogen (secondary N) is 2. The second-order valence-corrected chi connectivity index (χ2v) is 12.0. The predicted octanol–water partition coefficient (Wildman–Crippen LogP) is 4.93. The van der Waals surface area contributed by atoms with Crippen LogP contribution in [-0.4, -0.2) is 70.2 Å². The molecule has 1 amide bonds. The highest BCUT2D eigenvalue weighted by molar-refractivity contribution is 7.99. The molecular formula is C28H31ClF2N10O2S. The number of hydrogen-bond donors (Lipinski definition) is 2. The van der Waals surface area contributed by atoms with Crippen LogP contribution in [0.4, 0.5) is 14.5 Å². The van der Waals surface area contributed by atoms with Crippen LogP contribution in [0.1, 0.15) is 48.8 Å². The molecule has 4 aromatic heterocycles. The number of hydrogen-bond acceptors (Lipinski definition) is 9. The normalized spacial score (nSPS) is 13.9. The molecule has 0 bridgehead atoms. The number of thioether (sulfide) groups is 1. The molecule has 1 saturated heterocycles. The summed E-state index contributed by atoms with van der Waals surface area (Å²) >= 11 is 1.57. The molecule has 5 aromatic rings. The van der Waals surface area contributed by atoms with Crippen LogP contribution in [0.5, 0.6) is 5.75 Å². The van der Waals surface area contributed by atoms with Crippen molar-refractivity contribution in [2.75, 3.05) is 18.4 Å². The third kappa shape index (κ3) is 7.00. The number of fused-ring (bicyclic) bond motifs is 1. The molecule has 2 N–H and O–H groups in total. The molecule has 1 aliphatic heterocycles. The van der Waals surface area contributed by atoms with Crippen molar-refractivity contribution >= 4 is 41.4 Å². The molecule has 44 heavy (non-hydrogen) atoms. The van der Waals surface area contributed by atoms with E-state index < -0.39 is 12.5 Å². The van der Waals surface area contributed by atoms with E-state index in [-0.39, 0.29) is 47.3 Å². The van der Waals surface area contributed by atoms with Crippen LogP contribution < -0.4 is 15.4 Å². The Bertz CT molecular complexity index is 1730. The van der Waals surface area contributed by atoms with Gasteiger partial charge in [-0.2, -0.15) is 19.0 Å². The van der Waals surface area contributed by atoms with Crippen molar-refractivity contribution in [2.45, 2.75) is 56.0 Å². The maximum absolute atomic E-state index is 13.5. The summed E-state index contributed by atoms with van der Waals surface area (Å²) in [7, 11) is 0. The highest BCUT2D eigenvalue weighted by Gasteiger charge is 2.23. The third-order valence-electron chi connectivity index (χ3n) is 6.89. The molecule has 0 aliphatic carbocycles. The molecule has 5 heterocycles. The monoisotopic (exact) mass is 644 g/mol. The van der Waals surface area contributed by atoms with Gasteiger partial charge in [0, 0.05) is 34.3 Å². The molecule has 0 spiro atoms. The lowest BCUT2D eigenvalue weighted by atomic mass is 10.1. The summed E-state index contributed by atoms with van der Waals surface area (Å²) in [5.74, 6) is -0.534. The van der Waals surface area contributed by atoms with Crippen molar-refractivity contribution in [3.05, 3.63) is 66.5 Å². The number of alkyl halides is 2. The van der Waals surface area contributed by atoms with Crippen molar-refractivity contribution in [2.24, 2.45) is 0 Å². The first-order valence-corrected chi connectivity index (χ1v) is 14.8. The quantitative estimate of drug-likeness (QED) is 0.203. The van der Waals surface area contributed by atoms with E-state index in [0.29, 0.717) is 22.6 Å². The van der Waals surface area contributed by atoms with E-state index in [0.717, 1.165) is 30.8 Å². The maximum Gasteiger partial charge on any atom is 0.387 e. The van der Waals surface area contributed by atoms with Crippen LogP contribution >= 0.6 is 24.2 Å². The minimum absolute atomic E-state index is 0. The summed E-state index contributed by atoms with van der Waals surface area (Å²) < 4.78 is 36.8. The Morgan fingerprint density at radius 3 is 2.82 bits per heavy atom. The lowest BCUT2D eigenvalue weighted by molar-refractivity contribution is -0.0494. The number of carbonyl (C=O) groups is 1. The zero-order valence-corrected chi connectivity index (χ0v) is 25.6. The number of piperidine rings is 1. The van der Waals surface area contributed by atoms with Crippen molar-refractivity contribution in [1.82, 2.24) is 44.7 Å². The van der Waals surface area contributed by atoms with Gasteiger partial charge in [0.1, 0.15) is 22.7 Å². The highest BCUT2D eigenvalue weighted by Crippen LogP contribution is 2.39. The molecule has 1 aliphatic rings. The first-order chi connectivity index (χ1) is 20.8. The van der Waals surface area contributed by atoms with Crippen molar-refractivity contribution < 1.29 is 18.3 Å². The highest BCUT2D eigenvalue weighted by atomic mass is 35.5. The van der Waals surface area contributed by atoms with E-state index in [1.54, 1.807) is 53.2 Å². The maximum atomic E-state index is 13.5. The van der Waals surface area contributed by atoms with Crippen molar-refractivity contribution in [3.63, 3.8) is 0 Å². The SMILES string of the molecule is CC(C)Sc1ccc(OC(F)F)c(-c2nn(Cc3cn(C4CCNCC4)nn3)cc2NC(=O)c2cnn3cccnc23)c1.Cl. The molecule has 0 unspecified atom stereocenters. The van der Waals surface area contributed by atoms with Crippen molar-refractivity contribution in [1.29, 1.82) is 0 Å². The second kappa shape index (κ2) is 13.7. The van der Waals surface area contributed by atoms with Gasteiger partial charge in [-0.25, -0.2) is 14.2 Å². The topological polar surface area (TPSA) is 129 Å². The Morgan fingerprint density at radius 1 is 1.23 bits per heavy atom. The number of halogens is 3. The number of rotatable bonds is 10. The van der Waals surface area contributed by atoms with Crippen LogP contribution in [0.2, 0.25) is 0 Å². The van der Waals surface area contributed by atoms with Crippen LogP contribution in [0, 0.1) is 0 Å². The zero-order valence-electron chi connectivity index (χ0n) is 23.9. The fraction of sp³-hybridized carbons (Fsp3) is 0.357. The van der Waals surface area contributed by atoms with Gasteiger partial charge in [-0.05, 0) is 50.2 Å². The Hall–Kier alpha value is -4.08. The second-order valence-electron chi connectivity index (χ2n) is 10.4. The van der Waals surface area contributed by atoms with Gasteiger partial charge in [0.05, 0.1) is 30.7 Å². The molecule has 12 nitrogen and oxygen atoms in total. The van der Waals surface area contributed by atoms with Crippen molar-refractivity contribution in [3.8, 4) is 17.0 Å². The molecule has 0 atom stereocenters. The van der Waals surface area contributed by atoms with Gasteiger partial charge in [-0.3, -0.25) is 9.48 Å². The molecule has 6 rings (SSSR count). The van der Waals surface area contributed by atoms with E-state index in [1.807, 2.05) is 24.7 Å². The zero-order chi connectivity index (χ0) is 29.9. The summed E-state index contributed by atoms with van der Waals surface area (Å²) in [5, 5.41) is 24.1. The lowest BCUT2D eigenvalue weighted by Crippen LogP contribution is -2.29. The van der Waals surface area contributed by atoms with Gasteiger partial charge < -0.3 is 15.4 Å². The number of aromatic nitrogens is 8. The Morgan fingerprint density at radius 2 is 2.05 bits per heavy atom. The molecular weight excluding hydrogens is 614 g/mol. The molecule has 16 heteroatoms. The summed E-state index contributed by atoms with van der Waals surface area (Å²) in [6, 6.07) is 6.94. The number of carbonyl (C=O) groups excluding carboxylic acids is 1. The number of amides is 1. The fourth-order valence-electron chi connectivity index (χ4n) is 5.01. The van der Waals surface area contributed by atoms with Gasteiger partial charge in [0.2, 0.25) is 0 Å². The van der Waals surface area contributed by atoms with Gasteiger partial charge in [-0.1, -0.05) is 19.1 Å². The lowest BCUT2D eigenvalue weighted by Gasteiger charge is -2.22. The minimum atomic E-state index is -3.04. The van der Waals surface area contributed by atoms with E-state index in [9.17, 15) is 13.6 Å². The molecule has 1 fully saturated rings. The number of ether oxygens (including phenoxy) is 1. The number of nitrogens with zero attached hydrogens (tertiary/aromatic N) is 8. The third-order valence-corrected chi connectivity index (χ3v) is 7.89. The molecule has 0 radical (unpaired) electrons. The standard InChI is InChI=1S/C28H30F2N10O2S.ClH/c1-17(2)43-20-4-5-24(42-28(29)30)21(12-20)25-23(34-27(41)22-13-33-39-11-3-8-32-26(22)39)16-38(36-25)14-18-15-40(37-35-18)19-6-9-31-10-7-19;/h3-5,8,11-13,15-17,19,28,31H,6-7,9-10,14H2,1-2H3,(H,34,41);1H. The van der Waals surface area contributed by atoms with Gasteiger partial charge in [0.15, 0.2) is 5.65 Å². The van der Waals surface area contributed by atoms with Crippen LogP contribution in [0.15, 0.2) is 60.1 Å². The predicted molar refractivity (Wildman–Crippen MR) is 164 cm³/mol. The summed E-state index contributed by atoms with van der Waals surface area (Å²) in [5.41, 5.74) is 2.18. The summed E-state index contributed by atoms with van der Waals surface area (Å²) in [6.45, 7) is 3.12. The average molecular weight is 645 g/mol. The first kappa shape index (κ1) is 31.3. The Balaban J connectivity index is 0.00000384. The first-order valence-electron chi connectivity index (χ1n) is 13.9. The Labute approximate surface area is 262 Å². The van der Waals surface area contributed by atoms with E-state index in [4.69, 9.17) is 9.84 Å². The van der Waals surface area contributed by atoms with Gasteiger partial charge >= 0.3 is 6.61 Å². The van der Waals surface area contributed by atoms with Gasteiger partial charge in [0.25, 0.3) is 5.91 Å². The van der Waals surface area contributed by atoms with Gasteiger partial charge in [-0.15, -0.1) is 29.3 Å². The number of anilines is 1. The van der Waals surface area contributed by atoms with E-state index >= 15 is 0 Å². The fourth-order valence-corrected chi connectivity index (χ4v) is 5.89. The van der Waals surface area contributed by atoms with E-state index in [1.165, 1.54) is 16.8 Å². The smallest absolute Gasteiger partial charge is 0.387 e. The Kier molecular flexibility index (Phi) is 9.76. The molecule has 1 aromatic carbocycles. The largest absolute Gasteiger partial charge is 0.434 e. The summed E-state index contributed by atoms with van der Waals surface area (Å²) in [6.07, 6.45) is 10.1. The van der Waals surface area contributed by atoms with E-state index in [2.05, 4.69) is 31.0 Å². The molecule has 0 saturated carbocycles. The van der Waals surface area contributed by atoms with Crippen LogP contribution in [0.25, 0.3) is 16.9 Å². The van der Waals surface area contributed by atoms with Crippen LogP contribution in [0.3, 0.4) is 0 Å². The molecule has 232 valence electrons. The number of benzene rings is 1. The summed E-state index contributed by atoms with van der Waals surface area (Å²) in [4.78, 5) is 18.6.